The quantitative estimate of drug-likeness (QED) is 0.154. The molecular formula is C30H47IN2O2. The highest BCUT2D eigenvalue weighted by atomic mass is 127. The van der Waals surface area contributed by atoms with Crippen LogP contribution in [0.4, 0.5) is 5.69 Å². The fraction of sp³-hybridized carbons (Fsp3) is 0.600. The van der Waals surface area contributed by atoms with Gasteiger partial charge in [0.15, 0.2) is 6.20 Å². The fourth-order valence-electron chi connectivity index (χ4n) is 4.40. The maximum Gasteiger partial charge on any atom is 0.224 e. The molecule has 5 heteroatoms. The average Bonchev–Trinajstić information content (AvgIpc) is 2.82. The van der Waals surface area contributed by atoms with Crippen molar-refractivity contribution < 1.29 is 38.1 Å². The smallest absolute Gasteiger partial charge is 0.224 e. The Bertz CT molecular complexity index is 856. The van der Waals surface area contributed by atoms with E-state index in [-0.39, 0.29) is 29.9 Å². The monoisotopic (exact) mass is 594 g/mol. The Hall–Kier alpha value is -1.63. The van der Waals surface area contributed by atoms with Crippen molar-refractivity contribution in [3.63, 3.8) is 0 Å². The SMILES string of the molecule is CCCCCCCCCCCCCCOc1ccc(N(Cc2cccc[n+]2C)C(C)=O)c(C)c1.[I-]. The zero-order valence-corrected chi connectivity index (χ0v) is 24.7. The lowest BCUT2D eigenvalue weighted by Gasteiger charge is -2.22. The standard InChI is InChI=1S/C30H47N2O2.HI/c1-5-6-7-8-9-10-11-12-13-14-15-18-23-34-29-20-21-30(26(2)24-29)32(27(3)33)25-28-19-16-17-22-31(28)4;/h16-17,19-22,24H,5-15,18,23,25H2,1-4H3;1H/q+1;/p-1. The highest BCUT2D eigenvalue weighted by Gasteiger charge is 2.19. The van der Waals surface area contributed by atoms with E-state index >= 15 is 0 Å². The highest BCUT2D eigenvalue weighted by molar-refractivity contribution is 5.92. The fourth-order valence-corrected chi connectivity index (χ4v) is 4.40. The van der Waals surface area contributed by atoms with Gasteiger partial charge in [0.25, 0.3) is 0 Å². The molecule has 0 atom stereocenters. The van der Waals surface area contributed by atoms with E-state index in [1.54, 1.807) is 6.92 Å². The largest absolute Gasteiger partial charge is 1.00 e. The van der Waals surface area contributed by atoms with Gasteiger partial charge in [0.05, 0.1) is 6.61 Å². The normalized spacial score (nSPS) is 10.6. The molecule has 0 N–H and O–H groups in total. The molecule has 0 fully saturated rings. The molecule has 0 aliphatic rings. The molecule has 0 radical (unpaired) electrons. The van der Waals surface area contributed by atoms with Crippen LogP contribution in [0.25, 0.3) is 0 Å². The molecule has 2 aromatic rings. The number of pyridine rings is 1. The molecule has 0 unspecified atom stereocenters. The summed E-state index contributed by atoms with van der Waals surface area (Å²) in [5.74, 6) is 0.926. The molecule has 2 rings (SSSR count). The summed E-state index contributed by atoms with van der Waals surface area (Å²) < 4.78 is 8.06. The first-order valence-corrected chi connectivity index (χ1v) is 13.5. The van der Waals surface area contributed by atoms with Crippen LogP contribution in [0.15, 0.2) is 42.6 Å². The van der Waals surface area contributed by atoms with Crippen LogP contribution in [0.1, 0.15) is 102 Å². The summed E-state index contributed by atoms with van der Waals surface area (Å²) in [6.07, 6.45) is 18.2. The highest BCUT2D eigenvalue weighted by Crippen LogP contribution is 2.26. The van der Waals surface area contributed by atoms with Crippen molar-refractivity contribution in [2.45, 2.75) is 104 Å². The second-order valence-electron chi connectivity index (χ2n) is 9.59. The van der Waals surface area contributed by atoms with E-state index in [1.807, 2.05) is 49.3 Å². The number of aryl methyl sites for hydroxylation is 2. The third-order valence-electron chi connectivity index (χ3n) is 6.59. The van der Waals surface area contributed by atoms with E-state index in [2.05, 4.69) is 23.6 Å². The van der Waals surface area contributed by atoms with Crippen molar-refractivity contribution in [2.75, 3.05) is 11.5 Å². The van der Waals surface area contributed by atoms with Gasteiger partial charge in [-0.1, -0.05) is 83.6 Å². The van der Waals surface area contributed by atoms with Crippen molar-refractivity contribution in [2.24, 2.45) is 7.05 Å². The molecule has 0 aliphatic heterocycles. The third-order valence-corrected chi connectivity index (χ3v) is 6.59. The number of nitrogens with zero attached hydrogens (tertiary/aromatic N) is 2. The number of unbranched alkanes of at least 4 members (excludes halogenated alkanes) is 11. The zero-order valence-electron chi connectivity index (χ0n) is 22.5. The average molecular weight is 595 g/mol. The van der Waals surface area contributed by atoms with Crippen LogP contribution in [-0.2, 0) is 18.4 Å². The molecule has 196 valence electrons. The number of aromatic nitrogens is 1. The molecule has 35 heavy (non-hydrogen) atoms. The predicted molar refractivity (Wildman–Crippen MR) is 142 cm³/mol. The minimum absolute atomic E-state index is 0. The third kappa shape index (κ3) is 12.2. The van der Waals surface area contributed by atoms with Crippen LogP contribution < -0.4 is 38.2 Å². The van der Waals surface area contributed by atoms with E-state index in [0.717, 1.165) is 35.7 Å². The molecule has 0 spiro atoms. The van der Waals surface area contributed by atoms with Crippen LogP contribution in [-0.4, -0.2) is 12.5 Å². The van der Waals surface area contributed by atoms with Crippen LogP contribution >= 0.6 is 0 Å². The molecule has 0 saturated carbocycles. The Kier molecular flexibility index (Phi) is 16.7. The van der Waals surface area contributed by atoms with Gasteiger partial charge in [-0.2, -0.15) is 0 Å². The minimum Gasteiger partial charge on any atom is -1.00 e. The number of hydrogen-bond donors (Lipinski definition) is 0. The van der Waals surface area contributed by atoms with E-state index < -0.39 is 0 Å². The van der Waals surface area contributed by atoms with Gasteiger partial charge in [-0.25, -0.2) is 4.57 Å². The van der Waals surface area contributed by atoms with Crippen molar-refractivity contribution in [3.8, 4) is 5.75 Å². The summed E-state index contributed by atoms with van der Waals surface area (Å²) in [5, 5.41) is 0. The summed E-state index contributed by atoms with van der Waals surface area (Å²) in [6.45, 7) is 7.26. The number of hydrogen-bond acceptors (Lipinski definition) is 2. The van der Waals surface area contributed by atoms with Gasteiger partial charge in [-0.15, -0.1) is 0 Å². The minimum atomic E-state index is 0. The Labute approximate surface area is 231 Å². The molecule has 0 bridgehead atoms. The second-order valence-corrected chi connectivity index (χ2v) is 9.59. The second kappa shape index (κ2) is 18.6. The van der Waals surface area contributed by atoms with Crippen LogP contribution in [0.5, 0.6) is 5.75 Å². The first-order valence-electron chi connectivity index (χ1n) is 13.5. The topological polar surface area (TPSA) is 33.4 Å². The number of rotatable bonds is 17. The first-order chi connectivity index (χ1) is 16.5. The van der Waals surface area contributed by atoms with Gasteiger partial charge in [0.2, 0.25) is 11.6 Å². The maximum absolute atomic E-state index is 12.4. The lowest BCUT2D eigenvalue weighted by Crippen LogP contribution is -3.00. The lowest BCUT2D eigenvalue weighted by molar-refractivity contribution is -0.679. The number of ether oxygens (including phenoxy) is 1. The number of halogens is 1. The Morgan fingerprint density at radius 2 is 1.49 bits per heavy atom. The molecule has 1 aromatic heterocycles. The van der Waals surface area contributed by atoms with Crippen LogP contribution in [0.2, 0.25) is 0 Å². The van der Waals surface area contributed by atoms with E-state index in [4.69, 9.17) is 4.74 Å². The van der Waals surface area contributed by atoms with Crippen molar-refractivity contribution in [3.05, 3.63) is 53.9 Å². The molecule has 1 aromatic carbocycles. The Morgan fingerprint density at radius 3 is 2.03 bits per heavy atom. The summed E-state index contributed by atoms with van der Waals surface area (Å²) >= 11 is 0. The Morgan fingerprint density at radius 1 is 0.886 bits per heavy atom. The molecule has 4 nitrogen and oxygen atoms in total. The summed E-state index contributed by atoms with van der Waals surface area (Å²) in [5.41, 5.74) is 3.08. The molecule has 1 amide bonds. The summed E-state index contributed by atoms with van der Waals surface area (Å²) in [7, 11) is 2.01. The number of benzene rings is 1. The maximum atomic E-state index is 12.4. The van der Waals surface area contributed by atoms with Gasteiger partial charge < -0.3 is 33.6 Å². The van der Waals surface area contributed by atoms with Crippen molar-refractivity contribution in [1.82, 2.24) is 0 Å². The Balaban J connectivity index is 0.00000612. The van der Waals surface area contributed by atoms with Crippen molar-refractivity contribution >= 4 is 11.6 Å². The van der Waals surface area contributed by atoms with Gasteiger partial charge in [-0.05, 0) is 37.1 Å². The van der Waals surface area contributed by atoms with Gasteiger partial charge in [-0.3, -0.25) is 4.79 Å². The number of amides is 1. The number of anilines is 1. The van der Waals surface area contributed by atoms with E-state index in [0.29, 0.717) is 6.54 Å². The van der Waals surface area contributed by atoms with Gasteiger partial charge >= 0.3 is 0 Å². The predicted octanol–water partition coefficient (Wildman–Crippen LogP) is 4.46. The molecule has 1 heterocycles. The molecule has 0 aliphatic carbocycles. The van der Waals surface area contributed by atoms with Crippen molar-refractivity contribution in [1.29, 1.82) is 0 Å². The van der Waals surface area contributed by atoms with Gasteiger partial charge in [0, 0.05) is 24.7 Å². The summed E-state index contributed by atoms with van der Waals surface area (Å²) in [6, 6.07) is 12.1. The number of carbonyl (C=O) groups is 1. The van der Waals surface area contributed by atoms with Gasteiger partial charge in [0.1, 0.15) is 19.3 Å². The first kappa shape index (κ1) is 31.4. The van der Waals surface area contributed by atoms with Crippen LogP contribution in [0.3, 0.4) is 0 Å². The lowest BCUT2D eigenvalue weighted by atomic mass is 10.1. The van der Waals surface area contributed by atoms with E-state index in [1.165, 1.54) is 70.6 Å². The molecular weight excluding hydrogens is 547 g/mol. The molecule has 0 saturated heterocycles. The van der Waals surface area contributed by atoms with E-state index in [9.17, 15) is 4.79 Å². The number of carbonyl (C=O) groups excluding carboxylic acids is 1. The zero-order chi connectivity index (χ0) is 24.6. The van der Waals surface area contributed by atoms with Crippen LogP contribution in [0, 0.1) is 6.92 Å². The summed E-state index contributed by atoms with van der Waals surface area (Å²) in [4.78, 5) is 14.2.